The van der Waals surface area contributed by atoms with E-state index in [0.29, 0.717) is 37.9 Å². The average molecular weight is 944 g/mol. The molecule has 7 rings (SSSR count). The number of aromatic amines is 1. The molecular weight excluding hydrogens is 880 g/mol. The molecule has 0 bridgehead atoms. The van der Waals surface area contributed by atoms with Gasteiger partial charge in [0.05, 0.1) is 41.4 Å². The molecule has 3 aromatic carbocycles. The van der Waals surface area contributed by atoms with Gasteiger partial charge in [-0.15, -0.1) is 11.3 Å². The summed E-state index contributed by atoms with van der Waals surface area (Å²) in [4.78, 5) is 52.6. The van der Waals surface area contributed by atoms with Gasteiger partial charge in [0, 0.05) is 66.4 Å². The molecule has 16 heteroatoms. The topological polar surface area (TPSA) is 152 Å². The van der Waals surface area contributed by atoms with E-state index < -0.39 is 52.9 Å². The number of halogens is 3. The van der Waals surface area contributed by atoms with Gasteiger partial charge >= 0.3 is 0 Å². The van der Waals surface area contributed by atoms with Crippen LogP contribution in [0.25, 0.3) is 21.3 Å². The number of aromatic nitrogens is 2. The Kier molecular flexibility index (Phi) is 15.5. The van der Waals surface area contributed by atoms with Crippen LogP contribution in [0.5, 0.6) is 5.75 Å². The van der Waals surface area contributed by atoms with E-state index in [-0.39, 0.29) is 68.4 Å². The number of hydrogen-bond acceptors (Lipinski definition) is 9. The number of aliphatic hydroxyl groups excluding tert-OH is 1. The van der Waals surface area contributed by atoms with E-state index in [1.54, 1.807) is 16.8 Å². The lowest BCUT2D eigenvalue weighted by molar-refractivity contribution is -0.144. The van der Waals surface area contributed by atoms with Gasteiger partial charge in [-0.1, -0.05) is 63.2 Å². The number of alkyl halides is 1. The summed E-state index contributed by atoms with van der Waals surface area (Å²) in [5.74, 6) is -2.67. The van der Waals surface area contributed by atoms with Gasteiger partial charge in [0.15, 0.2) is 0 Å². The second kappa shape index (κ2) is 20.9. The molecule has 3 amide bonds. The van der Waals surface area contributed by atoms with Crippen molar-refractivity contribution >= 4 is 40.0 Å². The third-order valence-electron chi connectivity index (χ3n) is 12.7. The van der Waals surface area contributed by atoms with Crippen LogP contribution in [0.15, 0.2) is 66.2 Å². The van der Waals surface area contributed by atoms with E-state index in [1.165, 1.54) is 30.9 Å². The highest BCUT2D eigenvalue weighted by atomic mass is 32.1. The molecule has 0 spiro atoms. The molecule has 0 aliphatic carbocycles. The van der Waals surface area contributed by atoms with Crippen LogP contribution in [0.4, 0.5) is 13.2 Å². The number of likely N-dealkylation sites (tertiary alicyclic amines) is 1. The van der Waals surface area contributed by atoms with Crippen LogP contribution < -0.4 is 20.7 Å². The smallest absolute Gasteiger partial charge is 0.246 e. The number of fused-ring (bicyclic) bond motifs is 3. The lowest BCUT2D eigenvalue weighted by Gasteiger charge is -2.43. The van der Waals surface area contributed by atoms with Gasteiger partial charge in [-0.2, -0.15) is 0 Å². The molecule has 1 saturated heterocycles. The molecule has 0 radical (unpaired) electrons. The first-order valence-corrected chi connectivity index (χ1v) is 24.1. The Labute approximate surface area is 395 Å². The maximum atomic E-state index is 16.1. The number of carbonyl (C=O) groups is 3. The number of hydrogen-bond donors (Lipinski definition) is 5. The van der Waals surface area contributed by atoms with Crippen molar-refractivity contribution in [3.8, 4) is 16.2 Å². The molecule has 360 valence electrons. The van der Waals surface area contributed by atoms with Crippen molar-refractivity contribution in [2.45, 2.75) is 123 Å². The summed E-state index contributed by atoms with van der Waals surface area (Å²) in [5, 5.41) is 20.5. The molecule has 5 atom stereocenters. The standard InChI is InChI=1S/C51H64F3N7O5S/c1-30-21-37-36-13-9-10-14-40(36)58-44(37)45(61(30)28-51(6,7)54)43-38(52)23-35(24-39(43)53)66-20-12-8-11-19-55-26-42(63)59-47(50(3,4)5)49(65)60-27-34(62)22-41(60)48(64)56-25-32-15-17-33(18-16-32)46-31(2)57-29-67-46/h9-10,13-18,23-24,29-30,34,41,45,47,55,58,62H,8,11-12,19-22,25-28H2,1-7H3,(H,56,64)(H,59,63)/t30-,34-,41+,45?,47-/m1/s1. The van der Waals surface area contributed by atoms with Crippen molar-refractivity contribution in [1.82, 2.24) is 35.7 Å². The third kappa shape index (κ3) is 11.9. The lowest BCUT2D eigenvalue weighted by Crippen LogP contribution is -2.58. The first-order chi connectivity index (χ1) is 31.8. The first-order valence-electron chi connectivity index (χ1n) is 23.2. The van der Waals surface area contributed by atoms with Gasteiger partial charge in [0.25, 0.3) is 0 Å². The number of amides is 3. The predicted molar refractivity (Wildman–Crippen MR) is 255 cm³/mol. The van der Waals surface area contributed by atoms with E-state index in [2.05, 4.69) is 25.9 Å². The highest BCUT2D eigenvalue weighted by Gasteiger charge is 2.45. The van der Waals surface area contributed by atoms with E-state index in [0.717, 1.165) is 38.2 Å². The molecule has 12 nitrogen and oxygen atoms in total. The monoisotopic (exact) mass is 943 g/mol. The van der Waals surface area contributed by atoms with Crippen LogP contribution in [-0.2, 0) is 27.3 Å². The molecule has 5 aromatic rings. The van der Waals surface area contributed by atoms with Crippen LogP contribution in [0, 0.1) is 24.0 Å². The zero-order valence-corrected chi connectivity index (χ0v) is 40.3. The fraction of sp³-hybridized carbons (Fsp3) is 0.490. The van der Waals surface area contributed by atoms with E-state index in [9.17, 15) is 19.5 Å². The van der Waals surface area contributed by atoms with Crippen LogP contribution in [0.3, 0.4) is 0 Å². The third-order valence-corrected chi connectivity index (χ3v) is 13.6. The fourth-order valence-electron chi connectivity index (χ4n) is 9.32. The predicted octanol–water partition coefficient (Wildman–Crippen LogP) is 7.91. The number of carbonyl (C=O) groups excluding carboxylic acids is 3. The van der Waals surface area contributed by atoms with Crippen molar-refractivity contribution < 1.29 is 37.4 Å². The Morgan fingerprint density at radius 3 is 2.40 bits per heavy atom. The maximum absolute atomic E-state index is 16.1. The van der Waals surface area contributed by atoms with Crippen LogP contribution in [0.2, 0.25) is 0 Å². The number of β-amino-alcohol motifs (C(OH)–C–C–N with tert-alkyl or cyclic N) is 1. The Hall–Kier alpha value is -5.29. The van der Waals surface area contributed by atoms with Crippen molar-refractivity contribution in [3.63, 3.8) is 0 Å². The van der Waals surface area contributed by atoms with Gasteiger partial charge < -0.3 is 35.7 Å². The normalized spacial score (nSPS) is 19.4. The molecule has 67 heavy (non-hydrogen) atoms. The molecule has 1 fully saturated rings. The second-order valence-corrected chi connectivity index (χ2v) is 20.6. The van der Waals surface area contributed by atoms with Crippen LogP contribution in [-0.4, -0.2) is 105 Å². The number of rotatable bonds is 18. The Bertz CT molecular complexity index is 2510. The number of unbranched alkanes of at least 4 members (excludes halogenated alkanes) is 2. The zero-order chi connectivity index (χ0) is 48.2. The summed E-state index contributed by atoms with van der Waals surface area (Å²) in [7, 11) is 0. The van der Waals surface area contributed by atoms with Gasteiger partial charge in [0.1, 0.15) is 35.1 Å². The minimum atomic E-state index is -1.60. The van der Waals surface area contributed by atoms with Gasteiger partial charge in [-0.25, -0.2) is 18.2 Å². The molecule has 2 aliphatic rings. The summed E-state index contributed by atoms with van der Waals surface area (Å²) in [6.45, 7) is 13.2. The molecule has 2 aliphatic heterocycles. The molecule has 1 unspecified atom stereocenters. The largest absolute Gasteiger partial charge is 0.493 e. The number of ether oxygens (including phenoxy) is 1. The number of benzene rings is 3. The van der Waals surface area contributed by atoms with Crippen LogP contribution in [0.1, 0.15) is 101 Å². The summed E-state index contributed by atoms with van der Waals surface area (Å²) < 4.78 is 53.1. The minimum Gasteiger partial charge on any atom is -0.493 e. The summed E-state index contributed by atoms with van der Waals surface area (Å²) in [5.41, 5.74) is 4.74. The number of aryl methyl sites for hydroxylation is 1. The number of nitrogens with one attached hydrogen (secondary N) is 4. The minimum absolute atomic E-state index is 0.0131. The molecule has 4 heterocycles. The highest BCUT2D eigenvalue weighted by Crippen LogP contribution is 2.44. The Morgan fingerprint density at radius 2 is 1.73 bits per heavy atom. The number of para-hydroxylation sites is 1. The van der Waals surface area contributed by atoms with Crippen molar-refractivity contribution in [2.75, 3.05) is 32.8 Å². The molecule has 5 N–H and O–H groups in total. The van der Waals surface area contributed by atoms with Gasteiger partial charge in [0.2, 0.25) is 17.7 Å². The molecular formula is C51H64F3N7O5S. The highest BCUT2D eigenvalue weighted by molar-refractivity contribution is 7.13. The van der Waals surface area contributed by atoms with E-state index >= 15 is 13.2 Å². The van der Waals surface area contributed by atoms with Crippen molar-refractivity contribution in [2.24, 2.45) is 5.41 Å². The van der Waals surface area contributed by atoms with Gasteiger partial charge in [-0.05, 0) is 88.1 Å². The van der Waals surface area contributed by atoms with Gasteiger partial charge in [-0.3, -0.25) is 19.3 Å². The summed E-state index contributed by atoms with van der Waals surface area (Å²) in [6, 6.07) is 15.1. The first kappa shape index (κ1) is 49.6. The average Bonchev–Trinajstić information content (AvgIpc) is 3.99. The van der Waals surface area contributed by atoms with E-state index in [1.807, 2.05) is 88.0 Å². The number of nitrogens with zero attached hydrogens (tertiary/aromatic N) is 3. The maximum Gasteiger partial charge on any atom is 0.246 e. The number of aliphatic hydroxyl groups is 1. The quantitative estimate of drug-likeness (QED) is 0.0557. The second-order valence-electron chi connectivity index (χ2n) is 19.7. The van der Waals surface area contributed by atoms with Crippen molar-refractivity contribution in [1.29, 1.82) is 0 Å². The summed E-state index contributed by atoms with van der Waals surface area (Å²) >= 11 is 1.57. The SMILES string of the molecule is Cc1ncsc1-c1ccc(CNC(=O)[C@@H]2C[C@@H](O)CN2C(=O)[C@@H](NC(=O)CNCCCCCOc2cc(F)c(C3c4[nH]c5ccccc5c4C[C@@H](C)N3CC(C)(C)F)c(F)c2)C(C)(C)C)cc1. The fourth-order valence-corrected chi connectivity index (χ4v) is 10.1. The summed E-state index contributed by atoms with van der Waals surface area (Å²) in [6.07, 6.45) is 1.80. The Morgan fingerprint density at radius 1 is 1.01 bits per heavy atom. The van der Waals surface area contributed by atoms with E-state index in [4.69, 9.17) is 4.74 Å². The molecule has 0 saturated carbocycles. The molecule has 2 aromatic heterocycles. The number of thiazole rings is 1. The lowest BCUT2D eigenvalue weighted by atomic mass is 9.85. The van der Waals surface area contributed by atoms with Crippen molar-refractivity contribution in [3.05, 3.63) is 106 Å². The Balaban J connectivity index is 0.865. The van der Waals surface area contributed by atoms with Crippen LogP contribution >= 0.6 is 11.3 Å². The zero-order valence-electron chi connectivity index (χ0n) is 39.5. The number of H-pyrrole nitrogens is 1.